The highest BCUT2D eigenvalue weighted by Gasteiger charge is 2.37. The molecule has 0 spiro atoms. The minimum atomic E-state index is -0.779. The van der Waals surface area contributed by atoms with Gasteiger partial charge in [-0.2, -0.15) is 0 Å². The van der Waals surface area contributed by atoms with Crippen molar-refractivity contribution in [3.63, 3.8) is 0 Å². The van der Waals surface area contributed by atoms with Crippen LogP contribution in [0.2, 0.25) is 0 Å². The van der Waals surface area contributed by atoms with Crippen LogP contribution in [0.4, 0.5) is 10.5 Å². The monoisotopic (exact) mass is 422 g/mol. The summed E-state index contributed by atoms with van der Waals surface area (Å²) >= 11 is 0. The van der Waals surface area contributed by atoms with E-state index in [9.17, 15) is 14.4 Å². The van der Waals surface area contributed by atoms with Crippen molar-refractivity contribution in [3.8, 4) is 11.5 Å². The molecule has 1 atom stereocenters. The highest BCUT2D eigenvalue weighted by Crippen LogP contribution is 2.34. The lowest BCUT2D eigenvalue weighted by Gasteiger charge is -2.27. The molecule has 7 heteroatoms. The summed E-state index contributed by atoms with van der Waals surface area (Å²) in [6.07, 6.45) is 2.10. The zero-order valence-corrected chi connectivity index (χ0v) is 18.3. The number of methoxy groups -OCH3 is 1. The minimum absolute atomic E-state index is 0.0994. The van der Waals surface area contributed by atoms with Gasteiger partial charge in [0.15, 0.2) is 11.5 Å². The Morgan fingerprint density at radius 3 is 2.39 bits per heavy atom. The number of carbonyl (C=O) groups is 3. The van der Waals surface area contributed by atoms with Crippen molar-refractivity contribution in [2.75, 3.05) is 12.0 Å². The zero-order chi connectivity index (χ0) is 22.7. The van der Waals surface area contributed by atoms with Crippen LogP contribution in [-0.4, -0.2) is 31.1 Å². The van der Waals surface area contributed by atoms with E-state index >= 15 is 0 Å². The molecule has 1 N–H and O–H groups in total. The maximum atomic E-state index is 13.2. The van der Waals surface area contributed by atoms with E-state index in [4.69, 9.17) is 9.47 Å². The van der Waals surface area contributed by atoms with Crippen molar-refractivity contribution in [3.05, 3.63) is 58.7 Å². The average molecular weight is 422 g/mol. The van der Waals surface area contributed by atoms with Crippen LogP contribution in [0.3, 0.4) is 0 Å². The molecule has 4 amide bonds. The summed E-state index contributed by atoms with van der Waals surface area (Å²) in [7, 11) is 1.52. The van der Waals surface area contributed by atoms with Crippen LogP contribution < -0.4 is 19.7 Å². The van der Waals surface area contributed by atoms with Gasteiger partial charge in [0.25, 0.3) is 11.8 Å². The van der Waals surface area contributed by atoms with Gasteiger partial charge in [-0.15, -0.1) is 0 Å². The Morgan fingerprint density at radius 1 is 1.10 bits per heavy atom. The molecular formula is C24H26N2O5. The number of rotatable bonds is 6. The molecule has 3 rings (SSSR count). The number of ether oxygens (including phenoxy) is 2. The second-order valence-electron chi connectivity index (χ2n) is 7.52. The minimum Gasteiger partial charge on any atom is -0.493 e. The van der Waals surface area contributed by atoms with Crippen LogP contribution >= 0.6 is 0 Å². The number of aryl methyl sites for hydroxylation is 2. The molecule has 0 radical (unpaired) electrons. The number of carbonyl (C=O) groups excluding carboxylic acids is 3. The summed E-state index contributed by atoms with van der Waals surface area (Å²) in [6.45, 7) is 7.66. The van der Waals surface area contributed by atoms with Crippen molar-refractivity contribution < 1.29 is 23.9 Å². The molecule has 0 bridgehead atoms. The number of para-hydroxylation sites is 1. The lowest BCUT2D eigenvalue weighted by Crippen LogP contribution is -2.54. The maximum Gasteiger partial charge on any atom is 0.335 e. The van der Waals surface area contributed by atoms with E-state index in [0.29, 0.717) is 22.7 Å². The number of hydrogen-bond donors (Lipinski definition) is 1. The molecular weight excluding hydrogens is 396 g/mol. The van der Waals surface area contributed by atoms with E-state index in [0.717, 1.165) is 22.4 Å². The van der Waals surface area contributed by atoms with Crippen LogP contribution in [0.1, 0.15) is 37.0 Å². The summed E-state index contributed by atoms with van der Waals surface area (Å²) in [5, 5.41) is 2.25. The number of nitrogens with one attached hydrogen (secondary N) is 1. The SMILES string of the molecule is CC[C@@H](C)Oc1c(/C=C2\C(=O)NC(=O)N(c3cc(C)cc(C)c3)C2=O)cccc1OC. The van der Waals surface area contributed by atoms with E-state index in [1.165, 1.54) is 13.2 Å². The Bertz CT molecular complexity index is 1050. The molecule has 2 aromatic carbocycles. The van der Waals surface area contributed by atoms with Crippen molar-refractivity contribution >= 4 is 29.6 Å². The van der Waals surface area contributed by atoms with Gasteiger partial charge in [0, 0.05) is 5.56 Å². The van der Waals surface area contributed by atoms with Gasteiger partial charge in [-0.1, -0.05) is 25.1 Å². The van der Waals surface area contributed by atoms with E-state index in [1.807, 2.05) is 33.8 Å². The molecule has 1 saturated heterocycles. The van der Waals surface area contributed by atoms with Crippen molar-refractivity contribution in [1.29, 1.82) is 0 Å². The molecule has 0 saturated carbocycles. The summed E-state index contributed by atoms with van der Waals surface area (Å²) < 4.78 is 11.4. The predicted molar refractivity (Wildman–Crippen MR) is 118 cm³/mol. The zero-order valence-electron chi connectivity index (χ0n) is 18.3. The van der Waals surface area contributed by atoms with Gasteiger partial charge in [0.05, 0.1) is 18.9 Å². The number of hydrogen-bond acceptors (Lipinski definition) is 5. The summed E-state index contributed by atoms with van der Waals surface area (Å²) in [5.74, 6) is -0.535. The van der Waals surface area contributed by atoms with Gasteiger partial charge in [-0.3, -0.25) is 14.9 Å². The maximum absolute atomic E-state index is 13.2. The number of imide groups is 2. The van der Waals surface area contributed by atoms with Crippen LogP contribution in [-0.2, 0) is 9.59 Å². The fraction of sp³-hybridized carbons (Fsp3) is 0.292. The first-order valence-corrected chi connectivity index (χ1v) is 10.1. The second-order valence-corrected chi connectivity index (χ2v) is 7.52. The van der Waals surface area contributed by atoms with Crippen molar-refractivity contribution in [2.45, 2.75) is 40.2 Å². The number of nitrogens with zero attached hydrogens (tertiary/aromatic N) is 1. The quantitative estimate of drug-likeness (QED) is 0.558. The number of barbiturate groups is 1. The molecule has 2 aromatic rings. The largest absolute Gasteiger partial charge is 0.493 e. The van der Waals surface area contributed by atoms with Crippen molar-refractivity contribution in [1.82, 2.24) is 5.32 Å². The van der Waals surface area contributed by atoms with Gasteiger partial charge in [0.1, 0.15) is 5.57 Å². The van der Waals surface area contributed by atoms with Crippen LogP contribution in [0, 0.1) is 13.8 Å². The van der Waals surface area contributed by atoms with E-state index < -0.39 is 17.8 Å². The third-order valence-corrected chi connectivity index (χ3v) is 4.99. The van der Waals surface area contributed by atoms with Gasteiger partial charge in [-0.05, 0) is 62.6 Å². The third kappa shape index (κ3) is 4.60. The molecule has 0 unspecified atom stereocenters. The van der Waals surface area contributed by atoms with E-state index in [2.05, 4.69) is 5.32 Å². The first kappa shape index (κ1) is 22.1. The average Bonchev–Trinajstić information content (AvgIpc) is 2.71. The van der Waals surface area contributed by atoms with Gasteiger partial charge in [0.2, 0.25) is 0 Å². The first-order valence-electron chi connectivity index (χ1n) is 10.1. The lowest BCUT2D eigenvalue weighted by molar-refractivity contribution is -0.122. The smallest absolute Gasteiger partial charge is 0.335 e. The Morgan fingerprint density at radius 2 is 1.77 bits per heavy atom. The number of urea groups is 1. The Hall–Kier alpha value is -3.61. The molecule has 1 heterocycles. The first-order chi connectivity index (χ1) is 14.7. The Kier molecular flexibility index (Phi) is 6.44. The summed E-state index contributed by atoms with van der Waals surface area (Å²) in [5.41, 5.74) is 2.54. The molecule has 1 fully saturated rings. The highest BCUT2D eigenvalue weighted by molar-refractivity contribution is 6.39. The standard InChI is InChI=1S/C24H26N2O5/c1-6-16(4)31-21-17(8-7-9-20(21)30-5)13-19-22(27)25-24(29)26(23(19)28)18-11-14(2)10-15(3)12-18/h7-13,16H,6H2,1-5H3,(H,25,27,29)/b19-13+/t16-/m1/s1. The third-order valence-electron chi connectivity index (χ3n) is 4.99. The van der Waals surface area contributed by atoms with E-state index in [-0.39, 0.29) is 11.7 Å². The molecule has 0 aromatic heterocycles. The van der Waals surface area contributed by atoms with Crippen LogP contribution in [0.25, 0.3) is 6.08 Å². The van der Waals surface area contributed by atoms with Gasteiger partial charge >= 0.3 is 6.03 Å². The number of amides is 4. The second kappa shape index (κ2) is 9.04. The number of benzene rings is 2. The molecule has 1 aliphatic heterocycles. The molecule has 7 nitrogen and oxygen atoms in total. The highest BCUT2D eigenvalue weighted by atomic mass is 16.5. The summed E-state index contributed by atoms with van der Waals surface area (Å²) in [6, 6.07) is 9.82. The number of anilines is 1. The van der Waals surface area contributed by atoms with Crippen LogP contribution in [0.15, 0.2) is 42.0 Å². The Labute approximate surface area is 181 Å². The molecule has 0 aliphatic carbocycles. The van der Waals surface area contributed by atoms with E-state index in [1.54, 1.807) is 30.3 Å². The topological polar surface area (TPSA) is 84.9 Å². The Balaban J connectivity index is 2.08. The fourth-order valence-corrected chi connectivity index (χ4v) is 3.35. The molecule has 1 aliphatic rings. The van der Waals surface area contributed by atoms with Crippen LogP contribution in [0.5, 0.6) is 11.5 Å². The molecule has 162 valence electrons. The summed E-state index contributed by atoms with van der Waals surface area (Å²) in [4.78, 5) is 39.2. The fourth-order valence-electron chi connectivity index (χ4n) is 3.35. The normalized spacial score (nSPS) is 16.4. The molecule has 31 heavy (non-hydrogen) atoms. The van der Waals surface area contributed by atoms with Crippen molar-refractivity contribution in [2.24, 2.45) is 0 Å². The predicted octanol–water partition coefficient (Wildman–Crippen LogP) is 4.16. The van der Waals surface area contributed by atoms with Gasteiger partial charge < -0.3 is 9.47 Å². The van der Waals surface area contributed by atoms with Gasteiger partial charge in [-0.25, -0.2) is 9.69 Å². The lowest BCUT2D eigenvalue weighted by atomic mass is 10.0.